The molecule has 0 aromatic carbocycles. The maximum atomic E-state index is 13.0. The molecule has 2 aromatic heterocycles. The van der Waals surface area contributed by atoms with E-state index in [4.69, 9.17) is 4.74 Å². The summed E-state index contributed by atoms with van der Waals surface area (Å²) in [6, 6.07) is 0. The standard InChI is InChI=1S/C20H28N4O2.2C2H6/c1-8-15(14(4)11-13(2)3)16-12-23(5)18-17(16)19(25)24(6)20(22-18)21-9-10-26-7;2*1-2/h8,11-12H,1,9-10H2,2-7H3,(H,21,22);2*1-2H3/b15-14+;;. The van der Waals surface area contributed by atoms with E-state index >= 15 is 0 Å². The van der Waals surface area contributed by atoms with Crippen molar-refractivity contribution in [2.45, 2.75) is 48.5 Å². The zero-order valence-corrected chi connectivity index (χ0v) is 20.5. The lowest BCUT2D eigenvalue weighted by Gasteiger charge is -2.11. The maximum Gasteiger partial charge on any atom is 0.264 e. The zero-order valence-electron chi connectivity index (χ0n) is 20.5. The first-order chi connectivity index (χ1) is 14.3. The topological polar surface area (TPSA) is 61.1 Å². The second kappa shape index (κ2) is 13.6. The van der Waals surface area contributed by atoms with E-state index < -0.39 is 0 Å². The van der Waals surface area contributed by atoms with Gasteiger partial charge in [0, 0.05) is 39.5 Å². The van der Waals surface area contributed by atoms with E-state index in [9.17, 15) is 4.79 Å². The van der Waals surface area contributed by atoms with Gasteiger partial charge in [-0.05, 0) is 31.9 Å². The van der Waals surface area contributed by atoms with Gasteiger partial charge in [0.05, 0.1) is 12.0 Å². The number of ether oxygens (including phenoxy) is 1. The molecule has 0 bridgehead atoms. The molecular weight excluding hydrogens is 376 g/mol. The van der Waals surface area contributed by atoms with Crippen molar-refractivity contribution in [1.29, 1.82) is 0 Å². The summed E-state index contributed by atoms with van der Waals surface area (Å²) in [6.07, 6.45) is 5.83. The van der Waals surface area contributed by atoms with Crippen LogP contribution in [0.5, 0.6) is 0 Å². The van der Waals surface area contributed by atoms with Crippen LogP contribution in [0.4, 0.5) is 5.95 Å². The molecule has 6 nitrogen and oxygen atoms in total. The molecule has 0 aliphatic rings. The average molecular weight is 417 g/mol. The molecule has 0 aliphatic heterocycles. The molecule has 6 heteroatoms. The van der Waals surface area contributed by atoms with Crippen molar-refractivity contribution in [3.63, 3.8) is 0 Å². The van der Waals surface area contributed by atoms with E-state index in [1.165, 1.54) is 5.57 Å². The quantitative estimate of drug-likeness (QED) is 0.491. The SMILES string of the molecule is C=C/C(=C(/C)C=C(C)C)c1cn(C)c2nc(NCCOC)n(C)c(=O)c12.CC.CC. The van der Waals surface area contributed by atoms with Gasteiger partial charge < -0.3 is 14.6 Å². The van der Waals surface area contributed by atoms with Gasteiger partial charge >= 0.3 is 0 Å². The van der Waals surface area contributed by atoms with Crippen molar-refractivity contribution >= 4 is 22.6 Å². The van der Waals surface area contributed by atoms with Crippen LogP contribution in [0.3, 0.4) is 0 Å². The fourth-order valence-corrected chi connectivity index (χ4v) is 3.02. The summed E-state index contributed by atoms with van der Waals surface area (Å²) in [5, 5.41) is 3.75. The maximum absolute atomic E-state index is 13.0. The Hall–Kier alpha value is -2.60. The summed E-state index contributed by atoms with van der Waals surface area (Å²) in [7, 11) is 5.26. The zero-order chi connectivity index (χ0) is 23.4. The lowest BCUT2D eigenvalue weighted by Crippen LogP contribution is -2.24. The fourth-order valence-electron chi connectivity index (χ4n) is 3.02. The van der Waals surface area contributed by atoms with E-state index in [2.05, 4.69) is 23.0 Å². The normalized spacial score (nSPS) is 10.9. The smallest absolute Gasteiger partial charge is 0.264 e. The Morgan fingerprint density at radius 3 is 2.30 bits per heavy atom. The molecule has 2 rings (SSSR count). The molecule has 2 aromatic rings. The van der Waals surface area contributed by atoms with Crippen LogP contribution in [-0.4, -0.2) is 34.4 Å². The number of hydrogen-bond acceptors (Lipinski definition) is 4. The van der Waals surface area contributed by atoms with Crippen molar-refractivity contribution in [2.75, 3.05) is 25.6 Å². The lowest BCUT2D eigenvalue weighted by atomic mass is 10.00. The Bertz CT molecular complexity index is 942. The van der Waals surface area contributed by atoms with Crippen molar-refractivity contribution in [3.8, 4) is 0 Å². The van der Waals surface area contributed by atoms with Gasteiger partial charge in [-0.3, -0.25) is 9.36 Å². The summed E-state index contributed by atoms with van der Waals surface area (Å²) in [5.41, 5.74) is 4.61. The molecule has 0 amide bonds. The van der Waals surface area contributed by atoms with E-state index in [1.54, 1.807) is 24.8 Å². The van der Waals surface area contributed by atoms with Crippen LogP contribution in [-0.2, 0) is 18.8 Å². The number of allylic oxidation sites excluding steroid dienone is 5. The molecule has 0 fully saturated rings. The van der Waals surface area contributed by atoms with Crippen LogP contribution >= 0.6 is 0 Å². The van der Waals surface area contributed by atoms with Crippen LogP contribution < -0.4 is 10.9 Å². The molecule has 0 unspecified atom stereocenters. The van der Waals surface area contributed by atoms with Crippen molar-refractivity contribution < 1.29 is 4.74 Å². The molecule has 2 heterocycles. The van der Waals surface area contributed by atoms with E-state index in [0.717, 1.165) is 16.7 Å². The minimum Gasteiger partial charge on any atom is -0.383 e. The van der Waals surface area contributed by atoms with Crippen LogP contribution in [0.2, 0.25) is 0 Å². The van der Waals surface area contributed by atoms with Gasteiger partial charge in [0.15, 0.2) is 0 Å². The van der Waals surface area contributed by atoms with Crippen molar-refractivity contribution in [3.05, 3.63) is 52.0 Å². The number of aryl methyl sites for hydroxylation is 1. The first-order valence-electron chi connectivity index (χ1n) is 10.6. The van der Waals surface area contributed by atoms with Gasteiger partial charge in [-0.1, -0.05) is 52.0 Å². The number of fused-ring (bicyclic) bond motifs is 1. The highest BCUT2D eigenvalue weighted by molar-refractivity contribution is 5.95. The third-order valence-corrected chi connectivity index (χ3v) is 4.21. The van der Waals surface area contributed by atoms with Gasteiger partial charge in [-0.2, -0.15) is 4.98 Å². The highest BCUT2D eigenvalue weighted by Gasteiger charge is 2.18. The van der Waals surface area contributed by atoms with E-state index in [1.807, 2.05) is 66.3 Å². The molecule has 0 saturated heterocycles. The third kappa shape index (κ3) is 6.46. The Labute approximate surface area is 182 Å². The number of nitrogens with zero attached hydrogens (tertiary/aromatic N) is 3. The third-order valence-electron chi connectivity index (χ3n) is 4.21. The minimum absolute atomic E-state index is 0.0881. The van der Waals surface area contributed by atoms with Gasteiger partial charge in [0.25, 0.3) is 5.56 Å². The number of aromatic nitrogens is 3. The Morgan fingerprint density at radius 1 is 1.20 bits per heavy atom. The summed E-state index contributed by atoms with van der Waals surface area (Å²) < 4.78 is 8.47. The van der Waals surface area contributed by atoms with Gasteiger partial charge in [-0.25, -0.2) is 0 Å². The van der Waals surface area contributed by atoms with Gasteiger partial charge in [0.1, 0.15) is 5.65 Å². The predicted molar refractivity (Wildman–Crippen MR) is 131 cm³/mol. The fraction of sp³-hybridized carbons (Fsp3) is 0.500. The molecule has 1 N–H and O–H groups in total. The second-order valence-electron chi connectivity index (χ2n) is 6.59. The first-order valence-corrected chi connectivity index (χ1v) is 10.6. The van der Waals surface area contributed by atoms with Crippen LogP contribution in [0.25, 0.3) is 16.6 Å². The first kappa shape index (κ1) is 27.4. The van der Waals surface area contributed by atoms with Crippen molar-refractivity contribution in [2.24, 2.45) is 14.1 Å². The van der Waals surface area contributed by atoms with Crippen molar-refractivity contribution in [1.82, 2.24) is 14.1 Å². The average Bonchev–Trinajstić information content (AvgIpc) is 3.05. The van der Waals surface area contributed by atoms with Crippen LogP contribution in [0, 0.1) is 0 Å². The lowest BCUT2D eigenvalue weighted by molar-refractivity contribution is 0.210. The number of anilines is 1. The number of nitrogens with one attached hydrogen (secondary N) is 1. The summed E-state index contributed by atoms with van der Waals surface area (Å²) in [5.74, 6) is 0.525. The molecule has 0 saturated carbocycles. The van der Waals surface area contributed by atoms with Crippen LogP contribution in [0.1, 0.15) is 54.0 Å². The highest BCUT2D eigenvalue weighted by atomic mass is 16.5. The highest BCUT2D eigenvalue weighted by Crippen LogP contribution is 2.28. The summed E-state index contributed by atoms with van der Waals surface area (Å²) in [4.78, 5) is 17.7. The number of methoxy groups -OCH3 is 1. The Morgan fingerprint density at radius 2 is 1.80 bits per heavy atom. The predicted octanol–water partition coefficient (Wildman–Crippen LogP) is 5.31. The molecule has 0 aliphatic carbocycles. The Balaban J connectivity index is 0.00000198. The number of rotatable bonds is 7. The van der Waals surface area contributed by atoms with E-state index in [0.29, 0.717) is 30.1 Å². The summed E-state index contributed by atoms with van der Waals surface area (Å²) in [6.45, 7) is 19.2. The molecule has 30 heavy (non-hydrogen) atoms. The second-order valence-corrected chi connectivity index (χ2v) is 6.59. The van der Waals surface area contributed by atoms with Gasteiger partial charge in [-0.15, -0.1) is 0 Å². The van der Waals surface area contributed by atoms with E-state index in [-0.39, 0.29) is 5.56 Å². The Kier molecular flexibility index (Phi) is 12.4. The molecule has 0 spiro atoms. The van der Waals surface area contributed by atoms with Crippen LogP contribution in [0.15, 0.2) is 40.9 Å². The molecule has 0 atom stereocenters. The van der Waals surface area contributed by atoms with Gasteiger partial charge in [0.2, 0.25) is 5.95 Å². The minimum atomic E-state index is -0.0881. The number of hydrogen-bond donors (Lipinski definition) is 1. The largest absolute Gasteiger partial charge is 0.383 e. The molecule has 0 radical (unpaired) electrons. The molecular formula is C24H40N4O2. The molecule has 168 valence electrons. The monoisotopic (exact) mass is 416 g/mol. The summed E-state index contributed by atoms with van der Waals surface area (Å²) >= 11 is 0.